The minimum Gasteiger partial charge on any atom is -0.492 e. The Morgan fingerprint density at radius 1 is 1.24 bits per heavy atom. The molecule has 0 aliphatic heterocycles. The molecule has 0 saturated carbocycles. The van der Waals surface area contributed by atoms with E-state index in [1.165, 1.54) is 13.0 Å². The zero-order valence-electron chi connectivity index (χ0n) is 17.3. The molecular formula is C21H26F2N5O+. The summed E-state index contributed by atoms with van der Waals surface area (Å²) in [7, 11) is 1.58. The minimum absolute atomic E-state index is 0.00454. The lowest BCUT2D eigenvalue weighted by Crippen LogP contribution is -2.27. The summed E-state index contributed by atoms with van der Waals surface area (Å²) in [5.41, 5.74) is 2.79. The number of anilines is 2. The van der Waals surface area contributed by atoms with E-state index in [1.807, 2.05) is 50.0 Å². The van der Waals surface area contributed by atoms with Crippen molar-refractivity contribution in [2.75, 3.05) is 12.4 Å². The van der Waals surface area contributed by atoms with Gasteiger partial charge in [-0.25, -0.2) is 15.0 Å². The molecule has 0 radical (unpaired) electrons. The molecule has 6 nitrogen and oxygen atoms in total. The van der Waals surface area contributed by atoms with Gasteiger partial charge in [-0.1, -0.05) is 20.8 Å². The summed E-state index contributed by atoms with van der Waals surface area (Å²) >= 11 is 0. The molecule has 3 rings (SSSR count). The van der Waals surface area contributed by atoms with Gasteiger partial charge in [0.25, 0.3) is 5.92 Å². The summed E-state index contributed by atoms with van der Waals surface area (Å²) < 4.78 is 35.9. The summed E-state index contributed by atoms with van der Waals surface area (Å²) in [6.07, 6.45) is 3.45. The molecule has 8 heteroatoms. The average molecular weight is 402 g/mol. The highest BCUT2D eigenvalue weighted by Crippen LogP contribution is 2.32. The van der Waals surface area contributed by atoms with Crippen LogP contribution in [0.5, 0.6) is 5.75 Å². The Morgan fingerprint density at radius 2 is 2.00 bits per heavy atom. The maximum Gasteiger partial charge on any atom is 0.289 e. The standard InChI is InChI=1S/C21H25F2N5O/c1-6-21(22,23)19-10-16(13(2)3)26-20(27-19)25-15-7-8-17(18(9-15)29-5)28-11-14(4)24-12-28/h7-13H,6H2,1-5H3,(H,25,26,27)/p+1. The number of methoxy groups -OCH3 is 1. The van der Waals surface area contributed by atoms with Crippen molar-refractivity contribution in [2.24, 2.45) is 0 Å². The molecule has 0 amide bonds. The molecule has 0 unspecified atom stereocenters. The molecule has 0 aliphatic rings. The van der Waals surface area contributed by atoms with Crippen molar-refractivity contribution in [1.82, 2.24) is 15.0 Å². The molecule has 29 heavy (non-hydrogen) atoms. The van der Waals surface area contributed by atoms with Gasteiger partial charge >= 0.3 is 0 Å². The summed E-state index contributed by atoms with van der Waals surface area (Å²) in [5, 5.41) is 3.04. The molecule has 0 atom stereocenters. The van der Waals surface area contributed by atoms with Crippen LogP contribution in [0.25, 0.3) is 5.69 Å². The van der Waals surface area contributed by atoms with Crippen LogP contribution < -0.4 is 14.6 Å². The van der Waals surface area contributed by atoms with E-state index < -0.39 is 5.92 Å². The molecule has 3 aromatic rings. The predicted octanol–water partition coefficient (Wildman–Crippen LogP) is 4.77. The molecule has 154 valence electrons. The number of benzene rings is 1. The number of hydrogen-bond donors (Lipinski definition) is 2. The fourth-order valence-corrected chi connectivity index (χ4v) is 2.88. The topological polar surface area (TPSA) is 66.7 Å². The third-order valence-corrected chi connectivity index (χ3v) is 4.63. The lowest BCUT2D eigenvalue weighted by molar-refractivity contribution is -0.594. The number of aromatic amines is 1. The van der Waals surface area contributed by atoms with Crippen molar-refractivity contribution in [3.05, 3.63) is 53.9 Å². The van der Waals surface area contributed by atoms with Gasteiger partial charge < -0.3 is 10.1 Å². The van der Waals surface area contributed by atoms with Gasteiger partial charge in [0.15, 0.2) is 11.4 Å². The van der Waals surface area contributed by atoms with Gasteiger partial charge in [-0.2, -0.15) is 13.3 Å². The molecule has 0 saturated heterocycles. The van der Waals surface area contributed by atoms with Gasteiger partial charge in [0.1, 0.15) is 17.6 Å². The van der Waals surface area contributed by atoms with E-state index >= 15 is 0 Å². The molecule has 0 aliphatic carbocycles. The number of hydrogen-bond acceptors (Lipinski definition) is 4. The number of nitrogens with one attached hydrogen (secondary N) is 2. The molecule has 2 N–H and O–H groups in total. The van der Waals surface area contributed by atoms with Gasteiger partial charge in [0.05, 0.1) is 7.11 Å². The van der Waals surface area contributed by atoms with Gasteiger partial charge in [0, 0.05) is 30.8 Å². The Labute approximate surface area is 169 Å². The van der Waals surface area contributed by atoms with Crippen LogP contribution in [-0.4, -0.2) is 22.1 Å². The zero-order valence-corrected chi connectivity index (χ0v) is 17.3. The fraction of sp³-hybridized carbons (Fsp3) is 0.381. The Kier molecular flexibility index (Phi) is 5.81. The third-order valence-electron chi connectivity index (χ3n) is 4.63. The van der Waals surface area contributed by atoms with Crippen molar-refractivity contribution < 1.29 is 18.1 Å². The van der Waals surface area contributed by atoms with Crippen LogP contribution in [-0.2, 0) is 5.92 Å². The van der Waals surface area contributed by atoms with E-state index in [2.05, 4.69) is 20.3 Å². The number of imidazole rings is 1. The van der Waals surface area contributed by atoms with Crippen molar-refractivity contribution in [3.63, 3.8) is 0 Å². The van der Waals surface area contributed by atoms with E-state index in [4.69, 9.17) is 4.74 Å². The normalized spacial score (nSPS) is 11.7. The Balaban J connectivity index is 1.97. The van der Waals surface area contributed by atoms with Crippen LogP contribution in [0.4, 0.5) is 20.4 Å². The van der Waals surface area contributed by atoms with Gasteiger partial charge in [-0.05, 0) is 24.1 Å². The lowest BCUT2D eigenvalue weighted by Gasteiger charge is -2.17. The third kappa shape index (κ3) is 4.52. The molecule has 0 spiro atoms. The zero-order chi connectivity index (χ0) is 21.2. The van der Waals surface area contributed by atoms with Crippen molar-refractivity contribution in [2.45, 2.75) is 46.0 Å². The molecule has 1 aromatic carbocycles. The summed E-state index contributed by atoms with van der Waals surface area (Å²) in [5.74, 6) is -2.25. The molecule has 2 aromatic heterocycles. The Morgan fingerprint density at radius 3 is 2.59 bits per heavy atom. The van der Waals surface area contributed by atoms with Crippen LogP contribution in [0, 0.1) is 6.92 Å². The summed E-state index contributed by atoms with van der Waals surface area (Å²) in [6.45, 7) is 7.22. The molecule has 0 fully saturated rings. The van der Waals surface area contributed by atoms with E-state index in [9.17, 15) is 8.78 Å². The minimum atomic E-state index is -3.01. The maximum atomic E-state index is 14.3. The van der Waals surface area contributed by atoms with Crippen LogP contribution in [0.15, 0.2) is 36.8 Å². The van der Waals surface area contributed by atoms with Crippen molar-refractivity contribution >= 4 is 11.6 Å². The van der Waals surface area contributed by atoms with Crippen LogP contribution in [0.3, 0.4) is 0 Å². The molecule has 0 bridgehead atoms. The number of alkyl halides is 2. The highest BCUT2D eigenvalue weighted by atomic mass is 19.3. The number of ether oxygens (including phenoxy) is 1. The first-order chi connectivity index (χ1) is 13.7. The number of aromatic nitrogens is 4. The van der Waals surface area contributed by atoms with Gasteiger partial charge in [0.2, 0.25) is 12.3 Å². The smallest absolute Gasteiger partial charge is 0.289 e. The fourth-order valence-electron chi connectivity index (χ4n) is 2.88. The SMILES string of the molecule is CCC(F)(F)c1cc(C(C)C)nc(Nc2ccc(-[n+]3c[nH]c(C)c3)c(OC)c2)n1. The van der Waals surface area contributed by atoms with Crippen LogP contribution >= 0.6 is 0 Å². The van der Waals surface area contributed by atoms with E-state index in [-0.39, 0.29) is 24.0 Å². The quantitative estimate of drug-likeness (QED) is 0.559. The second-order valence-electron chi connectivity index (χ2n) is 7.22. The lowest BCUT2D eigenvalue weighted by atomic mass is 10.1. The number of rotatable bonds is 7. The number of nitrogens with zero attached hydrogens (tertiary/aromatic N) is 3. The molecular weight excluding hydrogens is 376 g/mol. The predicted molar refractivity (Wildman–Crippen MR) is 107 cm³/mol. The first-order valence-electron chi connectivity index (χ1n) is 9.52. The first-order valence-corrected chi connectivity index (χ1v) is 9.52. The van der Waals surface area contributed by atoms with Gasteiger partial charge in [-0.15, -0.1) is 0 Å². The van der Waals surface area contributed by atoms with Crippen LogP contribution in [0.1, 0.15) is 50.2 Å². The maximum absolute atomic E-state index is 14.3. The number of H-pyrrole nitrogens is 1. The highest BCUT2D eigenvalue weighted by molar-refractivity contribution is 5.60. The Bertz CT molecular complexity index is 1000. The van der Waals surface area contributed by atoms with E-state index in [0.29, 0.717) is 17.1 Å². The second kappa shape index (κ2) is 8.14. The van der Waals surface area contributed by atoms with Gasteiger partial charge in [-0.3, -0.25) is 0 Å². The first kappa shape index (κ1) is 20.7. The number of aryl methyl sites for hydroxylation is 1. The second-order valence-corrected chi connectivity index (χ2v) is 7.22. The summed E-state index contributed by atoms with van der Waals surface area (Å²) in [6, 6.07) is 6.88. The van der Waals surface area contributed by atoms with Crippen molar-refractivity contribution in [1.29, 1.82) is 0 Å². The Hall–Kier alpha value is -3.03. The highest BCUT2D eigenvalue weighted by Gasteiger charge is 2.32. The largest absolute Gasteiger partial charge is 0.492 e. The molecule has 2 heterocycles. The summed E-state index contributed by atoms with van der Waals surface area (Å²) in [4.78, 5) is 11.6. The average Bonchev–Trinajstić information content (AvgIpc) is 3.13. The van der Waals surface area contributed by atoms with Crippen molar-refractivity contribution in [3.8, 4) is 11.4 Å². The monoisotopic (exact) mass is 402 g/mol. The van der Waals surface area contributed by atoms with E-state index in [1.54, 1.807) is 13.2 Å². The van der Waals surface area contributed by atoms with E-state index in [0.717, 1.165) is 11.4 Å². The van der Waals surface area contributed by atoms with Crippen LogP contribution in [0.2, 0.25) is 0 Å². The number of halogens is 2.